The molecule has 7 heteroatoms. The second-order valence-corrected chi connectivity index (χ2v) is 8.69. The van der Waals surface area contributed by atoms with Crippen LogP contribution in [-0.4, -0.2) is 35.3 Å². The number of hydrogen-bond donors (Lipinski definition) is 0. The fourth-order valence-electron chi connectivity index (χ4n) is 1.57. The van der Waals surface area contributed by atoms with Crippen molar-refractivity contribution in [2.24, 2.45) is 0 Å². The van der Waals surface area contributed by atoms with Crippen molar-refractivity contribution in [3.8, 4) is 0 Å². The Morgan fingerprint density at radius 1 is 1.32 bits per heavy atom. The van der Waals surface area contributed by atoms with Crippen LogP contribution in [-0.2, 0) is 15.3 Å². The normalized spacial score (nSPS) is 12.6. The van der Waals surface area contributed by atoms with Crippen LogP contribution in [0.2, 0.25) is 0 Å². The van der Waals surface area contributed by atoms with E-state index in [9.17, 15) is 13.2 Å². The SMILES string of the molecule is CCS(=O)(=O)CCCC(=O)c1snnc1C(C)(C)C. The van der Waals surface area contributed by atoms with Crippen LogP contribution < -0.4 is 0 Å². The van der Waals surface area contributed by atoms with Crippen LogP contribution in [0.25, 0.3) is 0 Å². The van der Waals surface area contributed by atoms with Crippen molar-refractivity contribution >= 4 is 27.2 Å². The first-order valence-corrected chi connectivity index (χ1v) is 8.83. The monoisotopic (exact) mass is 304 g/mol. The molecule has 19 heavy (non-hydrogen) atoms. The van der Waals surface area contributed by atoms with Gasteiger partial charge in [-0.05, 0) is 18.0 Å². The summed E-state index contributed by atoms with van der Waals surface area (Å²) >= 11 is 1.09. The molecule has 0 bridgehead atoms. The Kier molecular flexibility index (Phi) is 5.20. The average molecular weight is 304 g/mol. The van der Waals surface area contributed by atoms with Crippen molar-refractivity contribution in [2.75, 3.05) is 11.5 Å². The molecular weight excluding hydrogens is 284 g/mol. The van der Waals surface area contributed by atoms with Crippen molar-refractivity contribution < 1.29 is 13.2 Å². The summed E-state index contributed by atoms with van der Waals surface area (Å²) in [5.41, 5.74) is 0.467. The summed E-state index contributed by atoms with van der Waals surface area (Å²) in [6, 6.07) is 0. The maximum absolute atomic E-state index is 12.1. The molecular formula is C12H20N2O3S2. The van der Waals surface area contributed by atoms with E-state index in [4.69, 9.17) is 0 Å². The molecule has 0 amide bonds. The quantitative estimate of drug-likeness (QED) is 0.753. The topological polar surface area (TPSA) is 77.0 Å². The van der Waals surface area contributed by atoms with Crippen LogP contribution in [0.4, 0.5) is 0 Å². The van der Waals surface area contributed by atoms with Crippen LogP contribution in [0, 0.1) is 0 Å². The first-order chi connectivity index (χ1) is 8.67. The molecule has 0 unspecified atom stereocenters. The molecule has 0 aliphatic rings. The summed E-state index contributed by atoms with van der Waals surface area (Å²) in [6.07, 6.45) is 0.586. The number of rotatable bonds is 6. The van der Waals surface area contributed by atoms with Crippen molar-refractivity contribution in [2.45, 2.75) is 46.0 Å². The maximum atomic E-state index is 12.1. The van der Waals surface area contributed by atoms with E-state index < -0.39 is 9.84 Å². The fourth-order valence-corrected chi connectivity index (χ4v) is 3.29. The molecule has 1 aromatic rings. The molecule has 1 heterocycles. The van der Waals surface area contributed by atoms with E-state index in [1.807, 2.05) is 20.8 Å². The van der Waals surface area contributed by atoms with Crippen LogP contribution in [0.5, 0.6) is 0 Å². The van der Waals surface area contributed by atoms with Gasteiger partial charge in [-0.25, -0.2) is 8.42 Å². The van der Waals surface area contributed by atoms with Crippen molar-refractivity contribution in [1.82, 2.24) is 9.59 Å². The van der Waals surface area contributed by atoms with Gasteiger partial charge in [-0.15, -0.1) is 5.10 Å². The minimum atomic E-state index is -3.00. The van der Waals surface area contributed by atoms with E-state index in [-0.39, 0.29) is 29.1 Å². The molecule has 0 aromatic carbocycles. The largest absolute Gasteiger partial charge is 0.293 e. The lowest BCUT2D eigenvalue weighted by Gasteiger charge is -2.15. The van der Waals surface area contributed by atoms with E-state index in [1.54, 1.807) is 6.92 Å². The number of nitrogens with zero attached hydrogens (tertiary/aromatic N) is 2. The fraction of sp³-hybridized carbons (Fsp3) is 0.750. The molecule has 0 saturated heterocycles. The maximum Gasteiger partial charge on any atom is 0.176 e. The Balaban J connectivity index is 2.68. The summed E-state index contributed by atoms with van der Waals surface area (Å²) < 4.78 is 26.6. The number of carbonyl (C=O) groups is 1. The van der Waals surface area contributed by atoms with E-state index in [2.05, 4.69) is 9.59 Å². The highest BCUT2D eigenvalue weighted by Crippen LogP contribution is 2.26. The Morgan fingerprint density at radius 3 is 2.47 bits per heavy atom. The Bertz CT molecular complexity index is 542. The van der Waals surface area contributed by atoms with Crippen molar-refractivity contribution in [1.29, 1.82) is 0 Å². The second-order valence-electron chi connectivity index (χ2n) is 5.46. The third kappa shape index (κ3) is 4.65. The molecule has 0 fully saturated rings. The minimum Gasteiger partial charge on any atom is -0.293 e. The summed E-state index contributed by atoms with van der Waals surface area (Å²) in [4.78, 5) is 12.6. The van der Waals surface area contributed by atoms with Gasteiger partial charge in [-0.1, -0.05) is 32.2 Å². The molecule has 0 radical (unpaired) electrons. The van der Waals surface area contributed by atoms with Gasteiger partial charge in [0.25, 0.3) is 0 Å². The molecule has 0 aliphatic carbocycles. The Morgan fingerprint density at radius 2 is 1.95 bits per heavy atom. The highest BCUT2D eigenvalue weighted by Gasteiger charge is 2.26. The zero-order valence-corrected chi connectivity index (χ0v) is 13.4. The first-order valence-electron chi connectivity index (χ1n) is 6.24. The lowest BCUT2D eigenvalue weighted by molar-refractivity contribution is 0.0983. The van der Waals surface area contributed by atoms with Crippen LogP contribution >= 0.6 is 11.5 Å². The Labute approximate surface area is 118 Å². The predicted octanol–water partition coefficient (Wildman–Crippen LogP) is 2.23. The average Bonchev–Trinajstić information content (AvgIpc) is 2.77. The number of sulfone groups is 1. The molecule has 0 saturated carbocycles. The molecule has 1 rings (SSSR count). The molecule has 0 aliphatic heterocycles. The van der Waals surface area contributed by atoms with E-state index in [0.717, 1.165) is 11.5 Å². The van der Waals surface area contributed by atoms with E-state index >= 15 is 0 Å². The van der Waals surface area contributed by atoms with Gasteiger partial charge in [0, 0.05) is 17.6 Å². The summed E-state index contributed by atoms with van der Waals surface area (Å²) in [5, 5.41) is 4.01. The van der Waals surface area contributed by atoms with Crippen molar-refractivity contribution in [3.05, 3.63) is 10.6 Å². The summed E-state index contributed by atoms with van der Waals surface area (Å²) in [6.45, 7) is 7.54. The van der Waals surface area contributed by atoms with Gasteiger partial charge in [0.1, 0.15) is 14.7 Å². The molecule has 0 spiro atoms. The van der Waals surface area contributed by atoms with Gasteiger partial charge in [-0.3, -0.25) is 4.79 Å². The lowest BCUT2D eigenvalue weighted by atomic mass is 9.90. The molecule has 5 nitrogen and oxygen atoms in total. The summed E-state index contributed by atoms with van der Waals surface area (Å²) in [7, 11) is -3.00. The number of ketones is 1. The molecule has 108 valence electrons. The van der Waals surface area contributed by atoms with Gasteiger partial charge in [0.2, 0.25) is 0 Å². The third-order valence-corrected chi connectivity index (χ3v) is 5.31. The summed E-state index contributed by atoms with van der Waals surface area (Å²) in [5.74, 6) is 0.120. The highest BCUT2D eigenvalue weighted by atomic mass is 32.2. The second kappa shape index (κ2) is 6.09. The van der Waals surface area contributed by atoms with Crippen LogP contribution in [0.1, 0.15) is 55.9 Å². The van der Waals surface area contributed by atoms with E-state index in [1.165, 1.54) is 0 Å². The number of hydrogen-bond acceptors (Lipinski definition) is 6. The smallest absolute Gasteiger partial charge is 0.176 e. The lowest BCUT2D eigenvalue weighted by Crippen LogP contribution is -2.17. The molecule has 0 N–H and O–H groups in total. The minimum absolute atomic E-state index is 0.0618. The van der Waals surface area contributed by atoms with Gasteiger partial charge in [0.05, 0.1) is 11.4 Å². The van der Waals surface area contributed by atoms with Gasteiger partial charge < -0.3 is 0 Å². The predicted molar refractivity (Wildman–Crippen MR) is 76.5 cm³/mol. The zero-order chi connectivity index (χ0) is 14.7. The zero-order valence-electron chi connectivity index (χ0n) is 11.8. The highest BCUT2D eigenvalue weighted by molar-refractivity contribution is 7.91. The number of Topliss-reactive ketones (excluding diaryl/α,β-unsaturated/α-hetero) is 1. The number of carbonyl (C=O) groups excluding carboxylic acids is 1. The number of aromatic nitrogens is 2. The molecule has 0 atom stereocenters. The van der Waals surface area contributed by atoms with E-state index in [0.29, 0.717) is 17.0 Å². The third-order valence-electron chi connectivity index (χ3n) is 2.75. The standard InChI is InChI=1S/C12H20N2O3S2/c1-5-19(16,17)8-6-7-9(15)10-11(12(2,3)4)13-14-18-10/h5-8H2,1-4H3. The Hall–Kier alpha value is -0.820. The van der Waals surface area contributed by atoms with Gasteiger partial charge in [-0.2, -0.15) is 0 Å². The van der Waals surface area contributed by atoms with Crippen LogP contribution in [0.3, 0.4) is 0 Å². The molecule has 1 aromatic heterocycles. The van der Waals surface area contributed by atoms with Crippen LogP contribution in [0.15, 0.2) is 0 Å². The van der Waals surface area contributed by atoms with Gasteiger partial charge in [0.15, 0.2) is 5.78 Å². The first kappa shape index (κ1) is 16.2. The van der Waals surface area contributed by atoms with Crippen molar-refractivity contribution in [3.63, 3.8) is 0 Å². The van der Waals surface area contributed by atoms with Gasteiger partial charge >= 0.3 is 0 Å².